The maximum absolute atomic E-state index is 12.4. The fourth-order valence-corrected chi connectivity index (χ4v) is 3.34. The molecule has 0 saturated carbocycles. The molecule has 1 aliphatic rings. The Morgan fingerprint density at radius 3 is 2.90 bits per heavy atom. The Hall–Kier alpha value is -0.870. The first-order valence-electron chi connectivity index (χ1n) is 7.76. The Balaban J connectivity index is 1.86. The molecule has 1 aromatic carbocycles. The number of hydrogen-bond donors (Lipinski definition) is 1. The smallest absolute Gasteiger partial charge is 0.222 e. The zero-order valence-electron chi connectivity index (χ0n) is 12.9. The molecule has 0 spiro atoms. The quantitative estimate of drug-likeness (QED) is 0.880. The third kappa shape index (κ3) is 4.82. The maximum atomic E-state index is 12.4. The van der Waals surface area contributed by atoms with Crippen LogP contribution >= 0.6 is 15.9 Å². The van der Waals surface area contributed by atoms with Crippen LogP contribution in [0.3, 0.4) is 0 Å². The van der Waals surface area contributed by atoms with Crippen molar-refractivity contribution < 1.29 is 4.79 Å². The first-order chi connectivity index (χ1) is 10.1. The highest BCUT2D eigenvalue weighted by Gasteiger charge is 2.23. The molecule has 4 heteroatoms. The number of halogens is 1. The normalized spacial score (nSPS) is 20.0. The summed E-state index contributed by atoms with van der Waals surface area (Å²) in [5.74, 6) is 1.33. The second kappa shape index (κ2) is 7.95. The van der Waals surface area contributed by atoms with Gasteiger partial charge in [0.2, 0.25) is 5.91 Å². The van der Waals surface area contributed by atoms with E-state index < -0.39 is 0 Å². The molecule has 2 rings (SSSR count). The minimum atomic E-state index is 0.240. The fourth-order valence-electron chi connectivity index (χ4n) is 2.93. The van der Waals surface area contributed by atoms with E-state index in [-0.39, 0.29) is 5.91 Å². The van der Waals surface area contributed by atoms with Crippen molar-refractivity contribution in [2.45, 2.75) is 32.7 Å². The molecule has 1 N–H and O–H groups in total. The Labute approximate surface area is 136 Å². The molecule has 0 aliphatic carbocycles. The number of hydrogen-bond acceptors (Lipinski definition) is 2. The van der Waals surface area contributed by atoms with Gasteiger partial charge in [0, 0.05) is 24.5 Å². The first-order valence-corrected chi connectivity index (χ1v) is 8.55. The van der Waals surface area contributed by atoms with Gasteiger partial charge in [-0.1, -0.05) is 41.1 Å². The van der Waals surface area contributed by atoms with E-state index in [1.165, 1.54) is 12.8 Å². The van der Waals surface area contributed by atoms with Gasteiger partial charge in [-0.3, -0.25) is 4.79 Å². The van der Waals surface area contributed by atoms with E-state index in [0.717, 1.165) is 23.1 Å². The summed E-state index contributed by atoms with van der Waals surface area (Å²) >= 11 is 3.54. The maximum Gasteiger partial charge on any atom is 0.222 e. The molecule has 21 heavy (non-hydrogen) atoms. The van der Waals surface area contributed by atoms with Crippen LogP contribution in [0, 0.1) is 11.8 Å². The highest BCUT2D eigenvalue weighted by atomic mass is 79.9. The van der Waals surface area contributed by atoms with E-state index in [1.54, 1.807) is 0 Å². The third-order valence-electron chi connectivity index (χ3n) is 4.43. The van der Waals surface area contributed by atoms with Gasteiger partial charge in [-0.25, -0.2) is 0 Å². The van der Waals surface area contributed by atoms with Gasteiger partial charge in [-0.05, 0) is 49.4 Å². The number of benzene rings is 1. The molecule has 1 heterocycles. The Kier molecular flexibility index (Phi) is 6.24. The number of amides is 1. The van der Waals surface area contributed by atoms with E-state index in [0.29, 0.717) is 24.8 Å². The highest BCUT2D eigenvalue weighted by molar-refractivity contribution is 9.10. The zero-order chi connectivity index (χ0) is 15.2. The lowest BCUT2D eigenvalue weighted by molar-refractivity contribution is -0.131. The van der Waals surface area contributed by atoms with Gasteiger partial charge < -0.3 is 10.2 Å². The van der Waals surface area contributed by atoms with Crippen LogP contribution in [0.15, 0.2) is 28.7 Å². The summed E-state index contributed by atoms with van der Waals surface area (Å²) in [6.45, 7) is 5.05. The summed E-state index contributed by atoms with van der Waals surface area (Å²) in [5.41, 5.74) is 1.15. The molecule has 3 nitrogen and oxygen atoms in total. The fraction of sp³-hybridized carbons (Fsp3) is 0.588. The number of carbonyl (C=O) groups is 1. The number of nitrogens with one attached hydrogen (secondary N) is 1. The van der Waals surface area contributed by atoms with Gasteiger partial charge >= 0.3 is 0 Å². The van der Waals surface area contributed by atoms with Crippen molar-refractivity contribution >= 4 is 21.8 Å². The van der Waals surface area contributed by atoms with E-state index in [4.69, 9.17) is 0 Å². The molecular weight excluding hydrogens is 328 g/mol. The van der Waals surface area contributed by atoms with Crippen LogP contribution in [0.5, 0.6) is 0 Å². The van der Waals surface area contributed by atoms with Crippen molar-refractivity contribution in [1.29, 1.82) is 0 Å². The van der Waals surface area contributed by atoms with Crippen molar-refractivity contribution in [3.05, 3.63) is 34.3 Å². The molecule has 0 bridgehead atoms. The van der Waals surface area contributed by atoms with Crippen LogP contribution in [-0.4, -0.2) is 30.9 Å². The second-order valence-electron chi connectivity index (χ2n) is 6.13. The minimum absolute atomic E-state index is 0.240. The summed E-state index contributed by atoms with van der Waals surface area (Å²) in [6.07, 6.45) is 3.12. The summed E-state index contributed by atoms with van der Waals surface area (Å²) in [4.78, 5) is 14.2. The topological polar surface area (TPSA) is 32.3 Å². The summed E-state index contributed by atoms with van der Waals surface area (Å²) in [6, 6.07) is 8.08. The Morgan fingerprint density at radius 1 is 1.48 bits per heavy atom. The van der Waals surface area contributed by atoms with Crippen molar-refractivity contribution in [2.24, 2.45) is 11.8 Å². The van der Waals surface area contributed by atoms with Gasteiger partial charge in [-0.2, -0.15) is 0 Å². The van der Waals surface area contributed by atoms with E-state index >= 15 is 0 Å². The largest absolute Gasteiger partial charge is 0.341 e. The monoisotopic (exact) mass is 352 g/mol. The molecule has 116 valence electrons. The standard InChI is InChI=1S/C17H25BrN2O/c1-13(14-7-5-9-19-11-14)10-17(21)20(2)12-15-6-3-4-8-16(15)18/h3-4,6,8,13-14,19H,5,7,9-12H2,1-2H3. The Morgan fingerprint density at radius 2 is 2.24 bits per heavy atom. The van der Waals surface area contributed by atoms with E-state index in [1.807, 2.05) is 30.1 Å². The molecule has 1 aromatic rings. The molecule has 2 atom stereocenters. The van der Waals surface area contributed by atoms with Gasteiger partial charge in [-0.15, -0.1) is 0 Å². The van der Waals surface area contributed by atoms with Crippen LogP contribution in [-0.2, 0) is 11.3 Å². The van der Waals surface area contributed by atoms with Gasteiger partial charge in [0.15, 0.2) is 0 Å². The number of nitrogens with zero attached hydrogens (tertiary/aromatic N) is 1. The van der Waals surface area contributed by atoms with Gasteiger partial charge in [0.1, 0.15) is 0 Å². The Bertz CT molecular complexity index is 472. The summed E-state index contributed by atoms with van der Waals surface area (Å²) in [5, 5.41) is 3.43. The molecule has 0 radical (unpaired) electrons. The highest BCUT2D eigenvalue weighted by Crippen LogP contribution is 2.24. The van der Waals surface area contributed by atoms with Gasteiger partial charge in [0.05, 0.1) is 0 Å². The van der Waals surface area contributed by atoms with Gasteiger partial charge in [0.25, 0.3) is 0 Å². The van der Waals surface area contributed by atoms with Crippen LogP contribution in [0.25, 0.3) is 0 Å². The van der Waals surface area contributed by atoms with Crippen molar-refractivity contribution in [3.63, 3.8) is 0 Å². The lowest BCUT2D eigenvalue weighted by Gasteiger charge is -2.29. The summed E-state index contributed by atoms with van der Waals surface area (Å²) in [7, 11) is 1.90. The number of rotatable bonds is 5. The molecule has 2 unspecified atom stereocenters. The van der Waals surface area contributed by atoms with Crippen LogP contribution in [0.2, 0.25) is 0 Å². The molecule has 1 saturated heterocycles. The van der Waals surface area contributed by atoms with Crippen molar-refractivity contribution in [1.82, 2.24) is 10.2 Å². The lowest BCUT2D eigenvalue weighted by Crippen LogP contribution is -2.36. The number of piperidine rings is 1. The minimum Gasteiger partial charge on any atom is -0.341 e. The second-order valence-corrected chi connectivity index (χ2v) is 6.98. The molecule has 1 amide bonds. The molecule has 0 aromatic heterocycles. The molecular formula is C17H25BrN2O. The first kappa shape index (κ1) is 16.5. The lowest BCUT2D eigenvalue weighted by atomic mass is 9.85. The zero-order valence-corrected chi connectivity index (χ0v) is 14.5. The SMILES string of the molecule is CC(CC(=O)N(C)Cc1ccccc1Br)C1CCCNC1. The average Bonchev–Trinajstić information content (AvgIpc) is 2.50. The molecule has 1 aliphatic heterocycles. The van der Waals surface area contributed by atoms with Crippen LogP contribution in [0.1, 0.15) is 31.7 Å². The third-order valence-corrected chi connectivity index (χ3v) is 5.20. The van der Waals surface area contributed by atoms with Crippen LogP contribution < -0.4 is 5.32 Å². The number of carbonyl (C=O) groups excluding carboxylic acids is 1. The van der Waals surface area contributed by atoms with E-state index in [9.17, 15) is 4.79 Å². The molecule has 1 fully saturated rings. The predicted molar refractivity (Wildman–Crippen MR) is 90.0 cm³/mol. The average molecular weight is 353 g/mol. The summed E-state index contributed by atoms with van der Waals surface area (Å²) < 4.78 is 1.06. The van der Waals surface area contributed by atoms with Crippen LogP contribution in [0.4, 0.5) is 0 Å². The van der Waals surface area contributed by atoms with Crippen molar-refractivity contribution in [3.8, 4) is 0 Å². The van der Waals surface area contributed by atoms with E-state index in [2.05, 4.69) is 34.2 Å². The van der Waals surface area contributed by atoms with Crippen molar-refractivity contribution in [2.75, 3.05) is 20.1 Å². The predicted octanol–water partition coefficient (Wildman–Crippen LogP) is 3.43.